The highest BCUT2D eigenvalue weighted by molar-refractivity contribution is 5.81. The van der Waals surface area contributed by atoms with Crippen molar-refractivity contribution in [2.75, 3.05) is 0 Å². The third-order valence-corrected chi connectivity index (χ3v) is 1.96. The third-order valence-electron chi connectivity index (χ3n) is 1.96. The van der Waals surface area contributed by atoms with Crippen molar-refractivity contribution in [1.82, 2.24) is 0 Å². The van der Waals surface area contributed by atoms with Gasteiger partial charge in [0.1, 0.15) is 0 Å². The summed E-state index contributed by atoms with van der Waals surface area (Å²) < 4.78 is 141. The fourth-order valence-electron chi connectivity index (χ4n) is 0.774. The maximum atomic E-state index is 12.8. The molecule has 0 aromatic carbocycles. The van der Waals surface area contributed by atoms with E-state index in [9.17, 15) is 57.9 Å². The molecule has 0 aliphatic carbocycles. The molecular weight excluding hydrogens is 381 g/mol. The van der Waals surface area contributed by atoms with Crippen LogP contribution in [0.5, 0.6) is 0 Å². The van der Waals surface area contributed by atoms with Crippen LogP contribution in [0.3, 0.4) is 0 Å². The predicted octanol–water partition coefficient (Wildman–Crippen LogP) is 3.28. The Labute approximate surface area is 123 Å². The Morgan fingerprint density at radius 2 is 1.12 bits per heavy atom. The average molecular weight is 384 g/mol. The molecule has 0 radical (unpaired) electrons. The molecule has 0 aliphatic rings. The molecular formula is C9H3F11O4. The number of carbonyl (C=O) groups excluding carboxylic acids is 2. The first kappa shape index (κ1) is 21.9. The Bertz CT molecular complexity index is 522. The van der Waals surface area contributed by atoms with Crippen LogP contribution >= 0.6 is 0 Å². The Morgan fingerprint density at radius 1 is 0.750 bits per heavy atom. The summed E-state index contributed by atoms with van der Waals surface area (Å²) in [6.07, 6.45) is -19.9. The molecule has 0 aromatic heterocycles. The molecule has 0 fully saturated rings. The molecule has 4 nitrogen and oxygen atoms in total. The van der Waals surface area contributed by atoms with Crippen LogP contribution < -0.4 is 0 Å². The van der Waals surface area contributed by atoms with Gasteiger partial charge in [0.25, 0.3) is 0 Å². The molecule has 0 spiro atoms. The monoisotopic (exact) mass is 384 g/mol. The molecule has 0 atom stereocenters. The molecule has 0 heterocycles. The van der Waals surface area contributed by atoms with Crippen LogP contribution in [0.2, 0.25) is 0 Å². The van der Waals surface area contributed by atoms with Crippen LogP contribution in [0.15, 0.2) is 12.7 Å². The van der Waals surface area contributed by atoms with Gasteiger partial charge in [-0.3, -0.25) is 0 Å². The average Bonchev–Trinajstić information content (AvgIpc) is 2.35. The minimum absolute atomic E-state index is 0.127. The number of hydrogen-bond acceptors (Lipinski definition) is 4. The summed E-state index contributed by atoms with van der Waals surface area (Å²) in [4.78, 5) is 20.8. The Kier molecular flexibility index (Phi) is 5.55. The normalized spacial score (nSPS) is 14.1. The number of esters is 2. The molecule has 24 heavy (non-hydrogen) atoms. The summed E-state index contributed by atoms with van der Waals surface area (Å²) in [5.74, 6) is -20.8. The van der Waals surface area contributed by atoms with Crippen molar-refractivity contribution in [3.05, 3.63) is 12.7 Å². The SMILES string of the molecule is C=CC(=O)OC(F)(F)C(F)(F)OC(=O)C(F)(F)C(F)(F)C(F)(F)F. The van der Waals surface area contributed by atoms with E-state index in [1.807, 2.05) is 4.74 Å². The largest absolute Gasteiger partial charge is 0.510 e. The molecule has 0 aromatic rings. The summed E-state index contributed by atoms with van der Waals surface area (Å²) in [6.45, 7) is 2.48. The van der Waals surface area contributed by atoms with Gasteiger partial charge in [0.05, 0.1) is 0 Å². The minimum atomic E-state index is -7.22. The summed E-state index contributed by atoms with van der Waals surface area (Å²) >= 11 is 0. The van der Waals surface area contributed by atoms with Crippen molar-refractivity contribution in [2.45, 2.75) is 30.2 Å². The lowest BCUT2D eigenvalue weighted by Gasteiger charge is -2.29. The van der Waals surface area contributed by atoms with E-state index in [0.717, 1.165) is 0 Å². The van der Waals surface area contributed by atoms with Crippen molar-refractivity contribution in [2.24, 2.45) is 0 Å². The van der Waals surface area contributed by atoms with Gasteiger partial charge >= 0.3 is 42.2 Å². The van der Waals surface area contributed by atoms with Crippen LogP contribution in [-0.4, -0.2) is 42.2 Å². The highest BCUT2D eigenvalue weighted by atomic mass is 19.4. The molecule has 0 saturated heterocycles. The highest BCUT2D eigenvalue weighted by Crippen LogP contribution is 2.48. The van der Waals surface area contributed by atoms with E-state index in [-0.39, 0.29) is 6.08 Å². The molecule has 0 aliphatic heterocycles. The maximum Gasteiger partial charge on any atom is 0.510 e. The number of carbonyl (C=O) groups is 2. The zero-order valence-electron chi connectivity index (χ0n) is 10.6. The molecule has 0 unspecified atom stereocenters. The van der Waals surface area contributed by atoms with E-state index >= 15 is 0 Å². The fourth-order valence-corrected chi connectivity index (χ4v) is 0.774. The number of hydrogen-bond donors (Lipinski definition) is 0. The second-order valence-electron chi connectivity index (χ2n) is 3.69. The van der Waals surface area contributed by atoms with Gasteiger partial charge in [0.2, 0.25) is 0 Å². The van der Waals surface area contributed by atoms with Crippen molar-refractivity contribution < 1.29 is 67.4 Å². The van der Waals surface area contributed by atoms with Crippen LogP contribution in [-0.2, 0) is 19.1 Å². The van der Waals surface area contributed by atoms with Gasteiger partial charge in [-0.25, -0.2) is 9.59 Å². The summed E-state index contributed by atoms with van der Waals surface area (Å²) in [7, 11) is 0. The number of halogens is 11. The first-order valence-electron chi connectivity index (χ1n) is 5.00. The fraction of sp³-hybridized carbons (Fsp3) is 0.556. The second kappa shape index (κ2) is 6.08. The molecule has 140 valence electrons. The van der Waals surface area contributed by atoms with Crippen molar-refractivity contribution in [1.29, 1.82) is 0 Å². The van der Waals surface area contributed by atoms with Crippen LogP contribution in [0.25, 0.3) is 0 Å². The van der Waals surface area contributed by atoms with Crippen molar-refractivity contribution >= 4 is 11.9 Å². The van der Waals surface area contributed by atoms with Crippen molar-refractivity contribution in [3.8, 4) is 0 Å². The third kappa shape index (κ3) is 3.87. The van der Waals surface area contributed by atoms with Crippen LogP contribution in [0.4, 0.5) is 48.3 Å². The van der Waals surface area contributed by atoms with E-state index in [2.05, 4.69) is 11.3 Å². The topological polar surface area (TPSA) is 52.6 Å². The van der Waals surface area contributed by atoms with Crippen LogP contribution in [0.1, 0.15) is 0 Å². The minimum Gasteiger partial charge on any atom is -0.390 e. The quantitative estimate of drug-likeness (QED) is 0.401. The molecule has 0 bridgehead atoms. The molecule has 0 amide bonds. The molecule has 0 N–H and O–H groups in total. The highest BCUT2D eigenvalue weighted by Gasteiger charge is 2.79. The summed E-state index contributed by atoms with van der Waals surface area (Å²) in [6, 6.07) is 0. The van der Waals surface area contributed by atoms with E-state index in [1.165, 1.54) is 0 Å². The first-order chi connectivity index (χ1) is 10.3. The Hall–Kier alpha value is -2.09. The summed E-state index contributed by atoms with van der Waals surface area (Å²) in [5.41, 5.74) is 0. The number of ether oxygens (including phenoxy) is 2. The molecule has 0 saturated carbocycles. The van der Waals surface area contributed by atoms with E-state index in [0.29, 0.717) is 0 Å². The first-order valence-corrected chi connectivity index (χ1v) is 5.00. The maximum absolute atomic E-state index is 12.8. The predicted molar refractivity (Wildman–Crippen MR) is 48.2 cm³/mol. The summed E-state index contributed by atoms with van der Waals surface area (Å²) in [5, 5.41) is 0. The van der Waals surface area contributed by atoms with E-state index in [1.54, 1.807) is 0 Å². The van der Waals surface area contributed by atoms with Crippen molar-refractivity contribution in [3.63, 3.8) is 0 Å². The van der Waals surface area contributed by atoms with Crippen LogP contribution in [0, 0.1) is 0 Å². The van der Waals surface area contributed by atoms with Gasteiger partial charge in [-0.1, -0.05) is 6.58 Å². The van der Waals surface area contributed by atoms with Gasteiger partial charge in [-0.2, -0.15) is 48.3 Å². The number of rotatable bonds is 6. The van der Waals surface area contributed by atoms with Gasteiger partial charge < -0.3 is 9.47 Å². The van der Waals surface area contributed by atoms with Gasteiger partial charge in [0, 0.05) is 6.08 Å². The zero-order valence-corrected chi connectivity index (χ0v) is 10.6. The second-order valence-corrected chi connectivity index (χ2v) is 3.69. The van der Waals surface area contributed by atoms with Gasteiger partial charge in [0.15, 0.2) is 0 Å². The number of alkyl halides is 11. The lowest BCUT2D eigenvalue weighted by Crippen LogP contribution is -2.59. The smallest absolute Gasteiger partial charge is 0.390 e. The lowest BCUT2D eigenvalue weighted by atomic mass is 10.1. The lowest BCUT2D eigenvalue weighted by molar-refractivity contribution is -0.413. The van der Waals surface area contributed by atoms with E-state index in [4.69, 9.17) is 0 Å². The Morgan fingerprint density at radius 3 is 1.46 bits per heavy atom. The standard InChI is InChI=1S/C9H3F11O4/c1-2-3(21)23-8(17,18)9(19,20)24-4(22)5(10,11)6(12,13)7(14,15)16/h2H,1H2. The zero-order chi connectivity index (χ0) is 19.8. The molecule has 0 rings (SSSR count). The van der Waals surface area contributed by atoms with Gasteiger partial charge in [-0.05, 0) is 0 Å². The Balaban J connectivity index is 5.55. The van der Waals surface area contributed by atoms with E-state index < -0.39 is 42.2 Å². The molecule has 15 heteroatoms. The van der Waals surface area contributed by atoms with Gasteiger partial charge in [-0.15, -0.1) is 0 Å².